The lowest BCUT2D eigenvalue weighted by Gasteiger charge is -2.17. The molecule has 1 amide bonds. The highest BCUT2D eigenvalue weighted by atomic mass is 16.3. The molecule has 0 aliphatic heterocycles. The Morgan fingerprint density at radius 1 is 1.12 bits per heavy atom. The maximum absolute atomic E-state index is 12.6. The van der Waals surface area contributed by atoms with Gasteiger partial charge in [0.2, 0.25) is 5.91 Å². The molecule has 0 aliphatic carbocycles. The topological polar surface area (TPSA) is 60.1 Å². The van der Waals surface area contributed by atoms with Crippen molar-refractivity contribution in [3.63, 3.8) is 0 Å². The van der Waals surface area contributed by atoms with E-state index in [4.69, 9.17) is 4.42 Å². The number of rotatable bonds is 5. The Hall–Kier alpha value is -3.34. The summed E-state index contributed by atoms with van der Waals surface area (Å²) in [5.74, 6) is 0.616. The van der Waals surface area contributed by atoms with Gasteiger partial charge in [-0.3, -0.25) is 9.48 Å². The zero-order valence-corrected chi connectivity index (χ0v) is 14.4. The van der Waals surface area contributed by atoms with E-state index in [0.29, 0.717) is 5.76 Å². The van der Waals surface area contributed by atoms with E-state index in [-0.39, 0.29) is 18.4 Å². The molecule has 5 nitrogen and oxygen atoms in total. The maximum Gasteiger partial charge on any atom is 0.226 e. The number of carbonyl (C=O) groups is 1. The molecule has 1 N–H and O–H groups in total. The number of benzene rings is 2. The van der Waals surface area contributed by atoms with Gasteiger partial charge in [-0.05, 0) is 23.8 Å². The van der Waals surface area contributed by atoms with Crippen molar-refractivity contribution < 1.29 is 9.21 Å². The van der Waals surface area contributed by atoms with E-state index in [2.05, 4.69) is 10.4 Å². The van der Waals surface area contributed by atoms with Crippen LogP contribution in [0.2, 0.25) is 0 Å². The molecule has 2 heterocycles. The van der Waals surface area contributed by atoms with Gasteiger partial charge in [-0.25, -0.2) is 0 Å². The van der Waals surface area contributed by atoms with Gasteiger partial charge in [0.15, 0.2) is 0 Å². The molecule has 5 heteroatoms. The zero-order chi connectivity index (χ0) is 17.9. The van der Waals surface area contributed by atoms with Crippen LogP contribution in [0.1, 0.15) is 23.1 Å². The third kappa shape index (κ3) is 3.37. The molecule has 0 radical (unpaired) electrons. The molecule has 26 heavy (non-hydrogen) atoms. The number of hydrogen-bond donors (Lipinski definition) is 1. The number of aryl methyl sites for hydroxylation is 1. The first-order valence-electron chi connectivity index (χ1n) is 8.50. The summed E-state index contributed by atoms with van der Waals surface area (Å²) in [5, 5.41) is 8.37. The molecule has 0 aliphatic rings. The van der Waals surface area contributed by atoms with E-state index < -0.39 is 0 Å². The van der Waals surface area contributed by atoms with Crippen molar-refractivity contribution >= 4 is 16.9 Å². The molecule has 1 atom stereocenters. The normalized spacial score (nSPS) is 12.2. The summed E-state index contributed by atoms with van der Waals surface area (Å²) >= 11 is 0. The highest BCUT2D eigenvalue weighted by Crippen LogP contribution is 2.28. The van der Waals surface area contributed by atoms with Gasteiger partial charge in [0.1, 0.15) is 17.4 Å². The minimum atomic E-state index is -0.347. The van der Waals surface area contributed by atoms with Gasteiger partial charge in [0.25, 0.3) is 0 Å². The molecule has 0 bridgehead atoms. The van der Waals surface area contributed by atoms with Crippen molar-refractivity contribution in [2.24, 2.45) is 7.05 Å². The van der Waals surface area contributed by atoms with Crippen molar-refractivity contribution in [1.82, 2.24) is 15.1 Å². The number of carbonyl (C=O) groups excluding carboxylic acids is 1. The van der Waals surface area contributed by atoms with Crippen LogP contribution in [0, 0.1) is 0 Å². The van der Waals surface area contributed by atoms with Gasteiger partial charge in [-0.2, -0.15) is 5.10 Å². The predicted octanol–water partition coefficient (Wildman–Crippen LogP) is 3.61. The predicted molar refractivity (Wildman–Crippen MR) is 99.6 cm³/mol. The van der Waals surface area contributed by atoms with E-state index in [9.17, 15) is 4.79 Å². The summed E-state index contributed by atoms with van der Waals surface area (Å²) in [6, 6.07) is 21.1. The smallest absolute Gasteiger partial charge is 0.226 e. The number of amides is 1. The third-order valence-corrected chi connectivity index (χ3v) is 4.28. The molecule has 2 aromatic heterocycles. The SMILES string of the molecule is Cn1ccc(CC(=O)N[C@H](c2ccccc2)c2cc3ccccc3o2)n1. The number of nitrogens with zero attached hydrogens (tertiary/aromatic N) is 2. The van der Waals surface area contributed by atoms with E-state index >= 15 is 0 Å². The van der Waals surface area contributed by atoms with Crippen LogP contribution in [0.5, 0.6) is 0 Å². The fourth-order valence-corrected chi connectivity index (χ4v) is 3.04. The maximum atomic E-state index is 12.6. The Morgan fingerprint density at radius 2 is 1.88 bits per heavy atom. The van der Waals surface area contributed by atoms with E-state index in [1.165, 1.54) is 0 Å². The second-order valence-corrected chi connectivity index (χ2v) is 6.26. The second-order valence-electron chi connectivity index (χ2n) is 6.26. The molecule has 0 unspecified atom stereocenters. The first-order valence-corrected chi connectivity index (χ1v) is 8.50. The van der Waals surface area contributed by atoms with Gasteiger partial charge in [-0.15, -0.1) is 0 Å². The van der Waals surface area contributed by atoms with Crippen LogP contribution in [0.25, 0.3) is 11.0 Å². The van der Waals surface area contributed by atoms with Crippen LogP contribution < -0.4 is 5.32 Å². The lowest BCUT2D eigenvalue weighted by Crippen LogP contribution is -2.30. The molecule has 130 valence electrons. The molecule has 0 spiro atoms. The lowest BCUT2D eigenvalue weighted by atomic mass is 10.0. The summed E-state index contributed by atoms with van der Waals surface area (Å²) in [4.78, 5) is 12.6. The standard InChI is InChI=1S/C21H19N3O2/c1-24-12-11-17(23-24)14-20(25)22-21(15-7-3-2-4-8-15)19-13-16-9-5-6-10-18(16)26-19/h2-13,21H,14H2,1H3,(H,22,25)/t21-/m1/s1. The van der Waals surface area contributed by atoms with Gasteiger partial charge in [-0.1, -0.05) is 48.5 Å². The minimum Gasteiger partial charge on any atom is -0.459 e. The van der Waals surface area contributed by atoms with Crippen LogP contribution in [0.3, 0.4) is 0 Å². The minimum absolute atomic E-state index is 0.0991. The Kier molecular flexibility index (Phi) is 4.27. The molecule has 0 saturated heterocycles. The number of nitrogens with one attached hydrogen (secondary N) is 1. The van der Waals surface area contributed by atoms with Gasteiger partial charge in [0.05, 0.1) is 12.1 Å². The Morgan fingerprint density at radius 3 is 2.62 bits per heavy atom. The Labute approximate surface area is 151 Å². The molecule has 0 fully saturated rings. The van der Waals surface area contributed by atoms with Crippen LogP contribution in [-0.2, 0) is 18.3 Å². The van der Waals surface area contributed by atoms with Gasteiger partial charge >= 0.3 is 0 Å². The number of fused-ring (bicyclic) bond motifs is 1. The molecular weight excluding hydrogens is 326 g/mol. The van der Waals surface area contributed by atoms with Crippen molar-refractivity contribution in [3.8, 4) is 0 Å². The Balaban J connectivity index is 1.63. The Bertz CT molecular complexity index is 1000. The van der Waals surface area contributed by atoms with Crippen LogP contribution in [0.15, 0.2) is 77.3 Å². The first-order chi connectivity index (χ1) is 12.7. The van der Waals surface area contributed by atoms with E-state index in [1.807, 2.05) is 80.0 Å². The second kappa shape index (κ2) is 6.88. The van der Waals surface area contributed by atoms with Crippen molar-refractivity contribution in [2.75, 3.05) is 0 Å². The van der Waals surface area contributed by atoms with Crippen molar-refractivity contribution in [1.29, 1.82) is 0 Å². The first kappa shape index (κ1) is 16.1. The average Bonchev–Trinajstić information content (AvgIpc) is 3.26. The van der Waals surface area contributed by atoms with Gasteiger partial charge in [0, 0.05) is 18.6 Å². The summed E-state index contributed by atoms with van der Waals surface area (Å²) in [7, 11) is 1.84. The van der Waals surface area contributed by atoms with E-state index in [1.54, 1.807) is 4.68 Å². The largest absolute Gasteiger partial charge is 0.459 e. The number of hydrogen-bond acceptors (Lipinski definition) is 3. The van der Waals surface area contributed by atoms with Crippen LogP contribution >= 0.6 is 0 Å². The number of para-hydroxylation sites is 1. The quantitative estimate of drug-likeness (QED) is 0.601. The summed E-state index contributed by atoms with van der Waals surface area (Å²) < 4.78 is 7.70. The van der Waals surface area contributed by atoms with Crippen LogP contribution in [-0.4, -0.2) is 15.7 Å². The molecule has 2 aromatic carbocycles. The lowest BCUT2D eigenvalue weighted by molar-refractivity contribution is -0.121. The number of furan rings is 1. The third-order valence-electron chi connectivity index (χ3n) is 4.28. The molecule has 4 rings (SSSR count). The molecule has 4 aromatic rings. The fourth-order valence-electron chi connectivity index (χ4n) is 3.04. The number of aromatic nitrogens is 2. The monoisotopic (exact) mass is 345 g/mol. The van der Waals surface area contributed by atoms with Gasteiger partial charge < -0.3 is 9.73 Å². The summed E-state index contributed by atoms with van der Waals surface area (Å²) in [5.41, 5.74) is 2.52. The highest BCUT2D eigenvalue weighted by molar-refractivity contribution is 5.80. The zero-order valence-electron chi connectivity index (χ0n) is 14.4. The van der Waals surface area contributed by atoms with Crippen LogP contribution in [0.4, 0.5) is 0 Å². The molecule has 0 saturated carbocycles. The summed E-state index contributed by atoms with van der Waals surface area (Å²) in [6.45, 7) is 0. The van der Waals surface area contributed by atoms with Crippen molar-refractivity contribution in [3.05, 3.63) is 89.9 Å². The highest BCUT2D eigenvalue weighted by Gasteiger charge is 2.21. The van der Waals surface area contributed by atoms with Crippen molar-refractivity contribution in [2.45, 2.75) is 12.5 Å². The fraction of sp³-hybridized carbons (Fsp3) is 0.143. The summed E-state index contributed by atoms with van der Waals surface area (Å²) in [6.07, 6.45) is 2.06. The molecular formula is C21H19N3O2. The average molecular weight is 345 g/mol. The van der Waals surface area contributed by atoms with E-state index in [0.717, 1.165) is 22.2 Å².